The van der Waals surface area contributed by atoms with Gasteiger partial charge in [-0.1, -0.05) is 35.5 Å². The minimum Gasteiger partial charge on any atom is -0.483 e. The van der Waals surface area contributed by atoms with E-state index >= 15 is 0 Å². The molecule has 1 heterocycles. The summed E-state index contributed by atoms with van der Waals surface area (Å²) in [5.74, 6) is 1.62. The molecule has 0 radical (unpaired) electrons. The van der Waals surface area contributed by atoms with E-state index in [0.29, 0.717) is 17.5 Å². The molecule has 0 spiro atoms. The third kappa shape index (κ3) is 2.35. The van der Waals surface area contributed by atoms with Crippen LogP contribution in [0.3, 0.4) is 0 Å². The number of rotatable bonds is 4. The summed E-state index contributed by atoms with van der Waals surface area (Å²) in [6, 6.07) is 11.7. The topological polar surface area (TPSA) is 68.4 Å². The van der Waals surface area contributed by atoms with Gasteiger partial charge in [0.2, 0.25) is 0 Å². The first kappa shape index (κ1) is 12.6. The third-order valence-corrected chi connectivity index (χ3v) is 3.08. The lowest BCUT2D eigenvalue weighted by Gasteiger charge is -2.11. The Morgan fingerprint density at radius 1 is 1.20 bits per heavy atom. The third-order valence-electron chi connectivity index (χ3n) is 3.08. The molecule has 0 aliphatic rings. The second kappa shape index (κ2) is 5.30. The van der Waals surface area contributed by atoms with Crippen LogP contribution in [-0.4, -0.2) is 15.2 Å². The average molecular weight is 270 g/mol. The van der Waals surface area contributed by atoms with E-state index in [9.17, 15) is 5.11 Å². The number of aliphatic hydroxyl groups is 1. The quantitative estimate of drug-likeness (QED) is 0.789. The van der Waals surface area contributed by atoms with Crippen molar-refractivity contribution in [2.75, 3.05) is 0 Å². The molecular formula is C15H14N2O3. The maximum Gasteiger partial charge on any atom is 0.264 e. The van der Waals surface area contributed by atoms with Crippen LogP contribution >= 0.6 is 0 Å². The lowest BCUT2D eigenvalue weighted by Crippen LogP contribution is -2.00. The van der Waals surface area contributed by atoms with Crippen molar-refractivity contribution in [3.8, 4) is 5.75 Å². The van der Waals surface area contributed by atoms with E-state index in [1.54, 1.807) is 6.92 Å². The minimum atomic E-state index is -0.0838. The van der Waals surface area contributed by atoms with Crippen LogP contribution in [0.25, 0.3) is 10.8 Å². The van der Waals surface area contributed by atoms with Crippen molar-refractivity contribution in [3.63, 3.8) is 0 Å². The highest BCUT2D eigenvalue weighted by molar-refractivity contribution is 5.87. The Hall–Kier alpha value is -2.40. The van der Waals surface area contributed by atoms with Gasteiger partial charge in [-0.2, -0.15) is 4.98 Å². The van der Waals surface area contributed by atoms with Gasteiger partial charge in [-0.25, -0.2) is 0 Å². The van der Waals surface area contributed by atoms with E-state index in [0.717, 1.165) is 16.3 Å². The van der Waals surface area contributed by atoms with Crippen LogP contribution in [0.1, 0.15) is 17.3 Å². The predicted octanol–water partition coefficient (Wildman–Crippen LogP) is 2.60. The number of aryl methyl sites for hydroxylation is 1. The number of aliphatic hydroxyl groups excluding tert-OH is 1. The molecule has 0 atom stereocenters. The highest BCUT2D eigenvalue weighted by Crippen LogP contribution is 2.28. The van der Waals surface area contributed by atoms with Gasteiger partial charge in [-0.3, -0.25) is 0 Å². The first-order valence-corrected chi connectivity index (χ1v) is 6.31. The van der Waals surface area contributed by atoms with Gasteiger partial charge >= 0.3 is 0 Å². The van der Waals surface area contributed by atoms with Gasteiger partial charge in [0.25, 0.3) is 5.89 Å². The van der Waals surface area contributed by atoms with E-state index in [-0.39, 0.29) is 13.2 Å². The number of benzene rings is 2. The van der Waals surface area contributed by atoms with E-state index in [1.807, 2.05) is 36.4 Å². The van der Waals surface area contributed by atoms with Gasteiger partial charge in [0.15, 0.2) is 12.4 Å². The van der Waals surface area contributed by atoms with Crippen LogP contribution < -0.4 is 4.74 Å². The summed E-state index contributed by atoms with van der Waals surface area (Å²) >= 11 is 0. The number of nitrogens with zero attached hydrogens (tertiary/aromatic N) is 2. The molecule has 0 unspecified atom stereocenters. The largest absolute Gasteiger partial charge is 0.483 e. The number of fused-ring (bicyclic) bond motifs is 1. The second-order valence-corrected chi connectivity index (χ2v) is 4.45. The molecule has 1 aromatic heterocycles. The van der Waals surface area contributed by atoms with Crippen LogP contribution in [-0.2, 0) is 13.2 Å². The van der Waals surface area contributed by atoms with Crippen LogP contribution in [0.2, 0.25) is 0 Å². The number of hydrogen-bond donors (Lipinski definition) is 1. The van der Waals surface area contributed by atoms with Gasteiger partial charge < -0.3 is 14.4 Å². The molecule has 5 nitrogen and oxygen atoms in total. The lowest BCUT2D eigenvalue weighted by molar-refractivity contribution is 0.230. The van der Waals surface area contributed by atoms with Gasteiger partial charge in [-0.05, 0) is 23.8 Å². The normalized spacial score (nSPS) is 10.9. The molecule has 1 N–H and O–H groups in total. The SMILES string of the molecule is Cc1noc(COc2ccc3ccccc3c2CO)n1. The van der Waals surface area contributed by atoms with Crippen LogP contribution in [0, 0.1) is 6.92 Å². The van der Waals surface area contributed by atoms with Crippen molar-refractivity contribution in [2.45, 2.75) is 20.1 Å². The molecule has 0 aliphatic carbocycles. The Bertz CT molecular complexity index is 737. The standard InChI is InChI=1S/C15H14N2O3/c1-10-16-15(20-17-10)9-19-14-7-6-11-4-2-3-5-12(11)13(14)8-18/h2-7,18H,8-9H2,1H3. The van der Waals surface area contributed by atoms with Crippen molar-refractivity contribution < 1.29 is 14.4 Å². The molecule has 0 saturated carbocycles. The maximum absolute atomic E-state index is 9.59. The van der Waals surface area contributed by atoms with Crippen molar-refractivity contribution >= 4 is 10.8 Å². The molecule has 5 heteroatoms. The summed E-state index contributed by atoms with van der Waals surface area (Å²) in [6.07, 6.45) is 0. The van der Waals surface area contributed by atoms with Crippen molar-refractivity contribution in [1.82, 2.24) is 10.1 Å². The summed E-state index contributed by atoms with van der Waals surface area (Å²) in [5.41, 5.74) is 0.763. The Balaban J connectivity index is 1.91. The van der Waals surface area contributed by atoms with E-state index < -0.39 is 0 Å². The van der Waals surface area contributed by atoms with E-state index in [1.165, 1.54) is 0 Å². The highest BCUT2D eigenvalue weighted by atomic mass is 16.5. The van der Waals surface area contributed by atoms with E-state index in [4.69, 9.17) is 9.26 Å². The van der Waals surface area contributed by atoms with Gasteiger partial charge in [0, 0.05) is 5.56 Å². The number of hydrogen-bond acceptors (Lipinski definition) is 5. The Morgan fingerprint density at radius 2 is 2.05 bits per heavy atom. The predicted molar refractivity (Wildman–Crippen MR) is 73.2 cm³/mol. The molecule has 0 amide bonds. The summed E-state index contributed by atoms with van der Waals surface area (Å²) < 4.78 is 10.7. The molecule has 0 saturated heterocycles. The molecule has 0 bridgehead atoms. The fourth-order valence-electron chi connectivity index (χ4n) is 2.15. The molecule has 3 aromatic rings. The average Bonchev–Trinajstić information content (AvgIpc) is 2.90. The molecule has 0 aliphatic heterocycles. The van der Waals surface area contributed by atoms with Crippen molar-refractivity contribution in [3.05, 3.63) is 53.7 Å². The van der Waals surface area contributed by atoms with Crippen LogP contribution in [0.5, 0.6) is 5.75 Å². The fourth-order valence-corrected chi connectivity index (χ4v) is 2.15. The molecule has 3 rings (SSSR count). The molecule has 20 heavy (non-hydrogen) atoms. The summed E-state index contributed by atoms with van der Waals surface area (Å²) in [4.78, 5) is 4.08. The Morgan fingerprint density at radius 3 is 2.80 bits per heavy atom. The highest BCUT2D eigenvalue weighted by Gasteiger charge is 2.10. The molecule has 0 fully saturated rings. The number of ether oxygens (including phenoxy) is 1. The monoisotopic (exact) mass is 270 g/mol. The first-order valence-electron chi connectivity index (χ1n) is 6.31. The molecule has 102 valence electrons. The first-order chi connectivity index (χ1) is 9.78. The lowest BCUT2D eigenvalue weighted by atomic mass is 10.0. The Kier molecular flexibility index (Phi) is 3.35. The minimum absolute atomic E-state index is 0.0838. The number of aromatic nitrogens is 2. The summed E-state index contributed by atoms with van der Waals surface area (Å²) in [5, 5.41) is 15.3. The van der Waals surface area contributed by atoms with Crippen molar-refractivity contribution in [2.24, 2.45) is 0 Å². The smallest absolute Gasteiger partial charge is 0.264 e. The summed E-state index contributed by atoms with van der Waals surface area (Å²) in [6.45, 7) is 1.86. The molecule has 2 aromatic carbocycles. The summed E-state index contributed by atoms with van der Waals surface area (Å²) in [7, 11) is 0. The zero-order chi connectivity index (χ0) is 13.9. The second-order valence-electron chi connectivity index (χ2n) is 4.45. The van der Waals surface area contributed by atoms with Gasteiger partial charge in [0.1, 0.15) is 5.75 Å². The van der Waals surface area contributed by atoms with Gasteiger partial charge in [0.05, 0.1) is 6.61 Å². The zero-order valence-electron chi connectivity index (χ0n) is 11.0. The van der Waals surface area contributed by atoms with Crippen molar-refractivity contribution in [1.29, 1.82) is 0 Å². The van der Waals surface area contributed by atoms with Crippen LogP contribution in [0.15, 0.2) is 40.9 Å². The maximum atomic E-state index is 9.59. The Labute approximate surface area is 115 Å². The molecular weight excluding hydrogens is 256 g/mol. The zero-order valence-corrected chi connectivity index (χ0v) is 11.0. The fraction of sp³-hybridized carbons (Fsp3) is 0.200. The van der Waals surface area contributed by atoms with Gasteiger partial charge in [-0.15, -0.1) is 0 Å². The van der Waals surface area contributed by atoms with Crippen LogP contribution in [0.4, 0.5) is 0 Å². The van der Waals surface area contributed by atoms with E-state index in [2.05, 4.69) is 10.1 Å².